The van der Waals surface area contributed by atoms with Gasteiger partial charge in [0.05, 0.1) is 23.1 Å². The first-order chi connectivity index (χ1) is 8.65. The smallest absolute Gasteiger partial charge is 0.166 e. The highest BCUT2D eigenvalue weighted by Crippen LogP contribution is 2.27. The van der Waals surface area contributed by atoms with Crippen LogP contribution in [0.2, 0.25) is 0 Å². The van der Waals surface area contributed by atoms with E-state index in [-0.39, 0.29) is 5.78 Å². The third-order valence-corrected chi connectivity index (χ3v) is 3.49. The van der Waals surface area contributed by atoms with E-state index in [0.717, 1.165) is 23.4 Å². The van der Waals surface area contributed by atoms with Crippen LogP contribution in [-0.4, -0.2) is 15.6 Å². The fourth-order valence-electron chi connectivity index (χ4n) is 2.61. The number of aryl methyl sites for hydroxylation is 1. The first-order valence-electron chi connectivity index (χ1n) is 6.32. The normalized spacial score (nSPS) is 18.8. The minimum Gasteiger partial charge on any atom is -0.294 e. The first kappa shape index (κ1) is 11.2. The monoisotopic (exact) mass is 240 g/mol. The van der Waals surface area contributed by atoms with Crippen LogP contribution in [-0.2, 0) is 6.42 Å². The van der Waals surface area contributed by atoms with Gasteiger partial charge < -0.3 is 0 Å². The Kier molecular flexibility index (Phi) is 2.54. The number of Topliss-reactive ketones (excluding diaryl/α,β-unsaturated/α-hetero) is 1. The second-order valence-electron chi connectivity index (χ2n) is 5.19. The highest BCUT2D eigenvalue weighted by Gasteiger charge is 2.26. The molecule has 1 aromatic heterocycles. The molecule has 1 heterocycles. The Bertz CT molecular complexity index is 613. The zero-order valence-electron chi connectivity index (χ0n) is 10.7. The van der Waals surface area contributed by atoms with Crippen LogP contribution in [0.3, 0.4) is 0 Å². The molecule has 1 aromatic carbocycles. The number of carbonyl (C=O) groups is 1. The number of fused-ring (bicyclic) bond motifs is 1. The molecule has 3 nitrogen and oxygen atoms in total. The van der Waals surface area contributed by atoms with Crippen molar-refractivity contribution in [3.63, 3.8) is 0 Å². The van der Waals surface area contributed by atoms with Crippen molar-refractivity contribution in [1.29, 1.82) is 0 Å². The molecule has 1 unspecified atom stereocenters. The molecule has 0 bridgehead atoms. The maximum absolute atomic E-state index is 12.0. The van der Waals surface area contributed by atoms with E-state index in [4.69, 9.17) is 0 Å². The molecule has 0 aliphatic heterocycles. The summed E-state index contributed by atoms with van der Waals surface area (Å²) in [6.07, 6.45) is 3.29. The highest BCUT2D eigenvalue weighted by atomic mass is 16.1. The minimum atomic E-state index is 0.225. The molecule has 0 N–H and O–H groups in total. The molecular weight excluding hydrogens is 224 g/mol. The van der Waals surface area contributed by atoms with Crippen LogP contribution in [0.5, 0.6) is 0 Å². The van der Waals surface area contributed by atoms with Crippen molar-refractivity contribution in [2.24, 2.45) is 5.92 Å². The fraction of sp³-hybridized carbons (Fsp3) is 0.333. The molecule has 0 spiro atoms. The molecule has 3 rings (SSSR count). The van der Waals surface area contributed by atoms with Crippen LogP contribution < -0.4 is 0 Å². The van der Waals surface area contributed by atoms with Gasteiger partial charge in [0, 0.05) is 6.42 Å². The summed E-state index contributed by atoms with van der Waals surface area (Å²) in [5.74, 6) is 0.632. The largest absolute Gasteiger partial charge is 0.294 e. The lowest BCUT2D eigenvalue weighted by atomic mass is 9.88. The van der Waals surface area contributed by atoms with Crippen molar-refractivity contribution < 1.29 is 4.79 Å². The summed E-state index contributed by atoms with van der Waals surface area (Å²) in [4.78, 5) is 12.0. The van der Waals surface area contributed by atoms with E-state index in [0.29, 0.717) is 12.3 Å². The molecule has 1 aliphatic rings. The maximum atomic E-state index is 12.0. The lowest BCUT2D eigenvalue weighted by Crippen LogP contribution is -2.19. The molecule has 1 aliphatic carbocycles. The van der Waals surface area contributed by atoms with E-state index < -0.39 is 0 Å². The van der Waals surface area contributed by atoms with E-state index in [2.05, 4.69) is 31.1 Å². The van der Waals surface area contributed by atoms with Crippen LogP contribution in [0.4, 0.5) is 0 Å². The number of hydrogen-bond acceptors (Lipinski definition) is 2. The van der Waals surface area contributed by atoms with Crippen molar-refractivity contribution in [3.05, 3.63) is 47.3 Å². The van der Waals surface area contributed by atoms with Gasteiger partial charge >= 0.3 is 0 Å². The van der Waals surface area contributed by atoms with Gasteiger partial charge in [0.1, 0.15) is 0 Å². The maximum Gasteiger partial charge on any atom is 0.166 e. The quantitative estimate of drug-likeness (QED) is 0.768. The fourth-order valence-corrected chi connectivity index (χ4v) is 2.61. The molecule has 0 saturated heterocycles. The second-order valence-corrected chi connectivity index (χ2v) is 5.19. The standard InChI is InChI=1S/C15H16N2O/c1-10-4-3-5-12(6-10)17-14-7-11(2)8-15(18)13(14)9-16-17/h3-6,9,11H,7-8H2,1-2H3. The molecule has 18 heavy (non-hydrogen) atoms. The number of nitrogens with zero attached hydrogens (tertiary/aromatic N) is 2. The van der Waals surface area contributed by atoms with E-state index in [9.17, 15) is 4.79 Å². The number of hydrogen-bond donors (Lipinski definition) is 0. The summed E-state index contributed by atoms with van der Waals surface area (Å²) in [7, 11) is 0. The topological polar surface area (TPSA) is 34.9 Å². The van der Waals surface area contributed by atoms with E-state index in [1.54, 1.807) is 6.20 Å². The third-order valence-electron chi connectivity index (χ3n) is 3.49. The highest BCUT2D eigenvalue weighted by molar-refractivity contribution is 5.98. The Morgan fingerprint density at radius 1 is 1.33 bits per heavy atom. The van der Waals surface area contributed by atoms with Crippen molar-refractivity contribution in [1.82, 2.24) is 9.78 Å². The third kappa shape index (κ3) is 1.76. The van der Waals surface area contributed by atoms with Crippen LogP contribution in [0.1, 0.15) is 35.0 Å². The summed E-state index contributed by atoms with van der Waals surface area (Å²) >= 11 is 0. The molecule has 92 valence electrons. The Balaban J connectivity index is 2.12. The molecule has 0 amide bonds. The van der Waals surface area contributed by atoms with Gasteiger partial charge in [0.15, 0.2) is 5.78 Å². The van der Waals surface area contributed by atoms with Gasteiger partial charge in [-0.25, -0.2) is 4.68 Å². The van der Waals surface area contributed by atoms with Gasteiger partial charge in [-0.1, -0.05) is 19.1 Å². The van der Waals surface area contributed by atoms with Crippen molar-refractivity contribution in [3.8, 4) is 5.69 Å². The zero-order chi connectivity index (χ0) is 12.7. The van der Waals surface area contributed by atoms with E-state index >= 15 is 0 Å². The first-order valence-corrected chi connectivity index (χ1v) is 6.32. The van der Waals surface area contributed by atoms with Crippen LogP contribution in [0, 0.1) is 12.8 Å². The molecule has 3 heteroatoms. The Morgan fingerprint density at radius 2 is 2.17 bits per heavy atom. The summed E-state index contributed by atoms with van der Waals surface area (Å²) in [6, 6.07) is 8.21. The summed E-state index contributed by atoms with van der Waals surface area (Å²) in [5.41, 5.74) is 4.10. The van der Waals surface area contributed by atoms with Crippen molar-refractivity contribution >= 4 is 5.78 Å². The SMILES string of the molecule is Cc1cccc(-n2ncc3c2CC(C)CC3=O)c1. The van der Waals surface area contributed by atoms with E-state index in [1.807, 2.05) is 16.8 Å². The van der Waals surface area contributed by atoms with Crippen LogP contribution in [0.25, 0.3) is 5.69 Å². The van der Waals surface area contributed by atoms with Crippen LogP contribution >= 0.6 is 0 Å². The van der Waals surface area contributed by atoms with Gasteiger partial charge in [-0.05, 0) is 37.0 Å². The van der Waals surface area contributed by atoms with Crippen LogP contribution in [0.15, 0.2) is 30.5 Å². The second kappa shape index (κ2) is 4.09. The van der Waals surface area contributed by atoms with Gasteiger partial charge in [-0.2, -0.15) is 5.10 Å². The van der Waals surface area contributed by atoms with Gasteiger partial charge in [-0.3, -0.25) is 4.79 Å². The van der Waals surface area contributed by atoms with E-state index in [1.165, 1.54) is 5.56 Å². The average molecular weight is 240 g/mol. The molecule has 0 fully saturated rings. The lowest BCUT2D eigenvalue weighted by molar-refractivity contribution is 0.0953. The summed E-state index contributed by atoms with van der Waals surface area (Å²) < 4.78 is 1.91. The molecule has 0 radical (unpaired) electrons. The molecule has 0 saturated carbocycles. The van der Waals surface area contributed by atoms with Crippen molar-refractivity contribution in [2.75, 3.05) is 0 Å². The lowest BCUT2D eigenvalue weighted by Gasteiger charge is -2.18. The number of benzene rings is 1. The van der Waals surface area contributed by atoms with Gasteiger partial charge in [0.2, 0.25) is 0 Å². The molecule has 1 atom stereocenters. The Hall–Kier alpha value is -1.90. The summed E-state index contributed by atoms with van der Waals surface area (Å²) in [5, 5.41) is 4.39. The van der Waals surface area contributed by atoms with Gasteiger partial charge in [0.25, 0.3) is 0 Å². The average Bonchev–Trinajstić information content (AvgIpc) is 2.72. The number of carbonyl (C=O) groups excluding carboxylic acids is 1. The van der Waals surface area contributed by atoms with Gasteiger partial charge in [-0.15, -0.1) is 0 Å². The summed E-state index contributed by atoms with van der Waals surface area (Å²) in [6.45, 7) is 4.18. The van der Waals surface area contributed by atoms with Crippen molar-refractivity contribution in [2.45, 2.75) is 26.7 Å². The minimum absolute atomic E-state index is 0.225. The Labute approximate surface area is 106 Å². The Morgan fingerprint density at radius 3 is 2.94 bits per heavy atom. The number of aromatic nitrogens is 2. The predicted octanol–water partition coefficient (Wildman–Crippen LogP) is 2.95. The zero-order valence-corrected chi connectivity index (χ0v) is 10.7. The molecular formula is C15H16N2O. The number of ketones is 1. The molecule has 2 aromatic rings. The predicted molar refractivity (Wildman–Crippen MR) is 70.1 cm³/mol. The number of rotatable bonds is 1.